The van der Waals surface area contributed by atoms with Crippen LogP contribution in [0, 0.1) is 11.8 Å². The van der Waals surface area contributed by atoms with Crippen LogP contribution in [0.1, 0.15) is 17.2 Å². The molecule has 0 aliphatic carbocycles. The zero-order chi connectivity index (χ0) is 15.9. The van der Waals surface area contributed by atoms with Crippen LogP contribution in [-0.4, -0.2) is 7.11 Å². The maximum Gasteiger partial charge on any atom is 0.144 e. The Morgan fingerprint density at radius 3 is 2.04 bits per heavy atom. The Morgan fingerprint density at radius 1 is 0.739 bits per heavy atom. The monoisotopic (exact) mass is 298 g/mol. The first kappa shape index (κ1) is 15.1. The minimum atomic E-state index is -0.258. The number of hydrogen-bond acceptors (Lipinski definition) is 1. The van der Waals surface area contributed by atoms with Gasteiger partial charge in [-0.3, -0.25) is 0 Å². The van der Waals surface area contributed by atoms with Crippen LogP contribution in [-0.2, 0) is 4.74 Å². The SMILES string of the molecule is COC(C#Cc1ccccc1)c1ccccc1-c1ccccc1. The van der Waals surface area contributed by atoms with E-state index in [2.05, 4.69) is 36.1 Å². The van der Waals surface area contributed by atoms with Gasteiger partial charge in [-0.25, -0.2) is 0 Å². The largest absolute Gasteiger partial charge is 0.364 e. The fourth-order valence-corrected chi connectivity index (χ4v) is 2.54. The zero-order valence-electron chi connectivity index (χ0n) is 13.1. The molecule has 23 heavy (non-hydrogen) atoms. The first-order valence-electron chi connectivity index (χ1n) is 7.62. The van der Waals surface area contributed by atoms with Gasteiger partial charge in [-0.1, -0.05) is 84.6 Å². The van der Waals surface area contributed by atoms with E-state index < -0.39 is 0 Å². The fraction of sp³-hybridized carbons (Fsp3) is 0.0909. The average molecular weight is 298 g/mol. The van der Waals surface area contributed by atoms with Gasteiger partial charge in [0.25, 0.3) is 0 Å². The quantitative estimate of drug-likeness (QED) is 0.612. The van der Waals surface area contributed by atoms with Crippen LogP contribution < -0.4 is 0 Å². The highest BCUT2D eigenvalue weighted by molar-refractivity contribution is 5.68. The van der Waals surface area contributed by atoms with Crippen molar-refractivity contribution in [2.45, 2.75) is 6.10 Å². The van der Waals surface area contributed by atoms with E-state index in [1.165, 1.54) is 5.56 Å². The topological polar surface area (TPSA) is 9.23 Å². The standard InChI is InChI=1S/C22H18O/c1-23-22(17-16-18-10-4-2-5-11-18)21-15-9-8-14-20(21)19-12-6-3-7-13-19/h2-15,22H,1H3. The molecule has 0 amide bonds. The Balaban J connectivity index is 1.98. The first-order chi connectivity index (χ1) is 11.4. The maximum absolute atomic E-state index is 5.65. The molecule has 1 heteroatoms. The van der Waals surface area contributed by atoms with Gasteiger partial charge in [-0.05, 0) is 23.3 Å². The minimum absolute atomic E-state index is 0.258. The normalized spacial score (nSPS) is 11.3. The van der Waals surface area contributed by atoms with Crippen molar-refractivity contribution in [2.24, 2.45) is 0 Å². The fourth-order valence-electron chi connectivity index (χ4n) is 2.54. The molecule has 0 aliphatic rings. The molecule has 0 saturated heterocycles. The van der Waals surface area contributed by atoms with Crippen LogP contribution in [0.5, 0.6) is 0 Å². The van der Waals surface area contributed by atoms with E-state index in [1.807, 2.05) is 60.7 Å². The van der Waals surface area contributed by atoms with Gasteiger partial charge in [0.05, 0.1) is 0 Å². The van der Waals surface area contributed by atoms with E-state index in [0.29, 0.717) is 0 Å². The third kappa shape index (κ3) is 3.69. The highest BCUT2D eigenvalue weighted by Crippen LogP contribution is 2.29. The predicted octanol–water partition coefficient (Wildman–Crippen LogP) is 5.09. The van der Waals surface area contributed by atoms with Crippen LogP contribution in [0.2, 0.25) is 0 Å². The van der Waals surface area contributed by atoms with Crippen LogP contribution in [0.4, 0.5) is 0 Å². The van der Waals surface area contributed by atoms with Gasteiger partial charge < -0.3 is 4.74 Å². The average Bonchev–Trinajstić information content (AvgIpc) is 2.64. The summed E-state index contributed by atoms with van der Waals surface area (Å²) in [5.41, 5.74) is 4.41. The summed E-state index contributed by atoms with van der Waals surface area (Å²) in [7, 11) is 1.70. The molecule has 1 nitrogen and oxygen atoms in total. The summed E-state index contributed by atoms with van der Waals surface area (Å²) in [6.07, 6.45) is -0.258. The Morgan fingerprint density at radius 2 is 1.35 bits per heavy atom. The molecule has 112 valence electrons. The number of benzene rings is 3. The molecular formula is C22H18O. The summed E-state index contributed by atoms with van der Waals surface area (Å²) in [5, 5.41) is 0. The lowest BCUT2D eigenvalue weighted by molar-refractivity contribution is 0.151. The third-order valence-electron chi connectivity index (χ3n) is 3.69. The van der Waals surface area contributed by atoms with Crippen molar-refractivity contribution in [3.05, 3.63) is 96.1 Å². The lowest BCUT2D eigenvalue weighted by atomic mass is 9.96. The lowest BCUT2D eigenvalue weighted by Crippen LogP contribution is -2.01. The smallest absolute Gasteiger partial charge is 0.144 e. The molecule has 0 spiro atoms. The summed E-state index contributed by atoms with van der Waals surface area (Å²) in [6.45, 7) is 0. The van der Waals surface area contributed by atoms with Crippen LogP contribution >= 0.6 is 0 Å². The molecule has 0 aromatic heterocycles. The summed E-state index contributed by atoms with van der Waals surface area (Å²) in [5.74, 6) is 6.44. The van der Waals surface area contributed by atoms with E-state index in [9.17, 15) is 0 Å². The number of rotatable bonds is 3. The molecule has 0 fully saturated rings. The number of ether oxygens (including phenoxy) is 1. The zero-order valence-corrected chi connectivity index (χ0v) is 13.1. The van der Waals surface area contributed by atoms with Crippen molar-refractivity contribution < 1.29 is 4.74 Å². The molecule has 3 rings (SSSR count). The molecule has 0 radical (unpaired) electrons. The second kappa shape index (κ2) is 7.45. The Kier molecular flexibility index (Phi) is 4.88. The highest BCUT2D eigenvalue weighted by atomic mass is 16.5. The van der Waals surface area contributed by atoms with Gasteiger partial charge in [0.15, 0.2) is 0 Å². The summed E-state index contributed by atoms with van der Waals surface area (Å²) in [6, 6.07) is 28.6. The van der Waals surface area contributed by atoms with Gasteiger partial charge in [0.2, 0.25) is 0 Å². The van der Waals surface area contributed by atoms with Gasteiger partial charge in [0, 0.05) is 18.2 Å². The molecule has 0 N–H and O–H groups in total. The Labute approximate surface area is 137 Å². The van der Waals surface area contributed by atoms with E-state index in [0.717, 1.165) is 16.7 Å². The summed E-state index contributed by atoms with van der Waals surface area (Å²) >= 11 is 0. The molecule has 3 aromatic rings. The van der Waals surface area contributed by atoms with Gasteiger partial charge in [-0.15, -0.1) is 0 Å². The van der Waals surface area contributed by atoms with Crippen molar-refractivity contribution in [1.82, 2.24) is 0 Å². The van der Waals surface area contributed by atoms with E-state index in [4.69, 9.17) is 4.74 Å². The molecule has 3 aromatic carbocycles. The number of methoxy groups -OCH3 is 1. The molecule has 1 atom stereocenters. The third-order valence-corrected chi connectivity index (χ3v) is 3.69. The van der Waals surface area contributed by atoms with Crippen LogP contribution in [0.3, 0.4) is 0 Å². The molecule has 0 heterocycles. The van der Waals surface area contributed by atoms with Crippen LogP contribution in [0.15, 0.2) is 84.9 Å². The maximum atomic E-state index is 5.65. The second-order valence-corrected chi connectivity index (χ2v) is 5.20. The predicted molar refractivity (Wildman–Crippen MR) is 94.9 cm³/mol. The van der Waals surface area contributed by atoms with E-state index in [-0.39, 0.29) is 6.10 Å². The van der Waals surface area contributed by atoms with Crippen molar-refractivity contribution in [3.8, 4) is 23.0 Å². The first-order valence-corrected chi connectivity index (χ1v) is 7.62. The minimum Gasteiger partial charge on any atom is -0.364 e. The lowest BCUT2D eigenvalue weighted by Gasteiger charge is -2.14. The van der Waals surface area contributed by atoms with Crippen molar-refractivity contribution in [1.29, 1.82) is 0 Å². The molecular weight excluding hydrogens is 280 g/mol. The van der Waals surface area contributed by atoms with Gasteiger partial charge in [0.1, 0.15) is 6.10 Å². The van der Waals surface area contributed by atoms with Crippen LogP contribution in [0.25, 0.3) is 11.1 Å². The number of hydrogen-bond donors (Lipinski definition) is 0. The Bertz CT molecular complexity index is 811. The van der Waals surface area contributed by atoms with Crippen molar-refractivity contribution in [3.63, 3.8) is 0 Å². The van der Waals surface area contributed by atoms with E-state index in [1.54, 1.807) is 7.11 Å². The summed E-state index contributed by atoms with van der Waals surface area (Å²) in [4.78, 5) is 0. The summed E-state index contributed by atoms with van der Waals surface area (Å²) < 4.78 is 5.65. The van der Waals surface area contributed by atoms with Crippen molar-refractivity contribution >= 4 is 0 Å². The molecule has 0 bridgehead atoms. The molecule has 1 unspecified atom stereocenters. The molecule has 0 saturated carbocycles. The van der Waals surface area contributed by atoms with Gasteiger partial charge in [-0.2, -0.15) is 0 Å². The second-order valence-electron chi connectivity index (χ2n) is 5.20. The van der Waals surface area contributed by atoms with Gasteiger partial charge >= 0.3 is 0 Å². The van der Waals surface area contributed by atoms with E-state index >= 15 is 0 Å². The highest BCUT2D eigenvalue weighted by Gasteiger charge is 2.12. The van der Waals surface area contributed by atoms with Crippen molar-refractivity contribution in [2.75, 3.05) is 7.11 Å². The molecule has 0 aliphatic heterocycles. The Hall–Kier alpha value is -2.82.